The van der Waals surface area contributed by atoms with Gasteiger partial charge in [-0.2, -0.15) is 5.10 Å². The minimum absolute atomic E-state index is 0.221. The lowest BCUT2D eigenvalue weighted by Gasteiger charge is -2.03. The third kappa shape index (κ3) is 4.37. The van der Waals surface area contributed by atoms with Crippen LogP contribution in [-0.4, -0.2) is 33.9 Å². The molecule has 0 spiro atoms. The summed E-state index contributed by atoms with van der Waals surface area (Å²) >= 11 is 0. The predicted octanol–water partition coefficient (Wildman–Crippen LogP) is 0.768. The zero-order chi connectivity index (χ0) is 13.4. The number of carbonyl (C=O) groups is 1. The number of hydrogen-bond donors (Lipinski definition) is 3. The van der Waals surface area contributed by atoms with Crippen molar-refractivity contribution >= 4 is 11.6 Å². The van der Waals surface area contributed by atoms with Gasteiger partial charge in [-0.05, 0) is 19.8 Å². The topological polar surface area (TPSA) is 93.2 Å². The molecule has 6 heteroatoms. The van der Waals surface area contributed by atoms with Crippen molar-refractivity contribution in [3.8, 4) is 0 Å². The van der Waals surface area contributed by atoms with E-state index < -0.39 is 0 Å². The molecule has 1 heterocycles. The van der Waals surface area contributed by atoms with Crippen LogP contribution in [0.2, 0.25) is 0 Å². The number of nitrogen functional groups attached to an aromatic ring is 1. The van der Waals surface area contributed by atoms with Gasteiger partial charge in [-0.1, -0.05) is 12.8 Å². The fourth-order valence-electron chi connectivity index (χ4n) is 1.65. The van der Waals surface area contributed by atoms with E-state index >= 15 is 0 Å². The maximum Gasteiger partial charge on any atom is 0.273 e. The summed E-state index contributed by atoms with van der Waals surface area (Å²) in [6, 6.07) is 0. The smallest absolute Gasteiger partial charge is 0.273 e. The molecule has 1 amide bonds. The van der Waals surface area contributed by atoms with Crippen LogP contribution >= 0.6 is 0 Å². The molecule has 0 aliphatic rings. The molecular formula is C12H22N4O2. The van der Waals surface area contributed by atoms with E-state index in [4.69, 9.17) is 10.8 Å². The number of aliphatic hydroxyl groups excluding tert-OH is 1. The number of anilines is 1. The molecule has 102 valence electrons. The lowest BCUT2D eigenvalue weighted by Crippen LogP contribution is -2.25. The number of aliphatic hydroxyl groups is 1. The average Bonchev–Trinajstić information content (AvgIpc) is 2.75. The largest absolute Gasteiger partial charge is 0.396 e. The highest BCUT2D eigenvalue weighted by molar-refractivity contribution is 5.96. The molecule has 0 aliphatic heterocycles. The van der Waals surface area contributed by atoms with Crippen molar-refractivity contribution in [1.29, 1.82) is 0 Å². The second-order valence-corrected chi connectivity index (χ2v) is 4.18. The summed E-state index contributed by atoms with van der Waals surface area (Å²) < 4.78 is 1.64. The van der Waals surface area contributed by atoms with Crippen molar-refractivity contribution < 1.29 is 9.90 Å². The maximum atomic E-state index is 11.8. The molecule has 1 rings (SSSR count). The first-order valence-corrected chi connectivity index (χ1v) is 6.41. The summed E-state index contributed by atoms with van der Waals surface area (Å²) in [7, 11) is 0. The van der Waals surface area contributed by atoms with Crippen molar-refractivity contribution in [2.45, 2.75) is 39.2 Å². The minimum Gasteiger partial charge on any atom is -0.396 e. The Morgan fingerprint density at radius 2 is 2.17 bits per heavy atom. The van der Waals surface area contributed by atoms with Gasteiger partial charge in [-0.25, -0.2) is 0 Å². The number of rotatable bonds is 8. The number of unbranched alkanes of at least 4 members (excludes halogenated alkanes) is 3. The van der Waals surface area contributed by atoms with Gasteiger partial charge in [0.05, 0.1) is 5.69 Å². The highest BCUT2D eigenvalue weighted by atomic mass is 16.2. The second kappa shape index (κ2) is 7.71. The monoisotopic (exact) mass is 254 g/mol. The predicted molar refractivity (Wildman–Crippen MR) is 70.2 cm³/mol. The summed E-state index contributed by atoms with van der Waals surface area (Å²) in [5.41, 5.74) is 6.43. The Labute approximate surface area is 107 Å². The van der Waals surface area contributed by atoms with E-state index in [2.05, 4.69) is 10.4 Å². The quantitative estimate of drug-likeness (QED) is 0.597. The van der Waals surface area contributed by atoms with Crippen LogP contribution in [-0.2, 0) is 6.54 Å². The van der Waals surface area contributed by atoms with Crippen LogP contribution in [0.4, 0.5) is 5.69 Å². The molecule has 0 radical (unpaired) electrons. The molecule has 0 saturated carbocycles. The van der Waals surface area contributed by atoms with Crippen LogP contribution in [0.25, 0.3) is 0 Å². The molecule has 0 saturated heterocycles. The fraction of sp³-hybridized carbons (Fsp3) is 0.667. The molecule has 0 unspecified atom stereocenters. The highest BCUT2D eigenvalue weighted by Crippen LogP contribution is 2.08. The van der Waals surface area contributed by atoms with Crippen LogP contribution < -0.4 is 11.1 Å². The minimum atomic E-state index is -0.221. The van der Waals surface area contributed by atoms with E-state index in [-0.39, 0.29) is 12.5 Å². The SMILES string of the molecule is CCn1cc(N)c(C(=O)NCCCCCCO)n1. The Hall–Kier alpha value is -1.56. The molecule has 1 aromatic heterocycles. The van der Waals surface area contributed by atoms with E-state index in [1.807, 2.05) is 6.92 Å². The number of amides is 1. The van der Waals surface area contributed by atoms with E-state index in [9.17, 15) is 4.79 Å². The van der Waals surface area contributed by atoms with Crippen molar-refractivity contribution in [1.82, 2.24) is 15.1 Å². The van der Waals surface area contributed by atoms with Gasteiger partial charge in [0.25, 0.3) is 5.91 Å². The maximum absolute atomic E-state index is 11.8. The fourth-order valence-corrected chi connectivity index (χ4v) is 1.65. The van der Waals surface area contributed by atoms with Crippen LogP contribution in [0.5, 0.6) is 0 Å². The number of aromatic nitrogens is 2. The molecule has 0 aromatic carbocycles. The zero-order valence-electron chi connectivity index (χ0n) is 10.9. The summed E-state index contributed by atoms with van der Waals surface area (Å²) in [5, 5.41) is 15.5. The standard InChI is InChI=1S/C12H22N4O2/c1-2-16-9-10(13)11(15-16)12(18)14-7-5-3-4-6-8-17/h9,17H,2-8,13H2,1H3,(H,14,18). The average molecular weight is 254 g/mol. The Morgan fingerprint density at radius 3 is 2.78 bits per heavy atom. The van der Waals surface area contributed by atoms with Crippen molar-refractivity contribution in [3.63, 3.8) is 0 Å². The molecule has 6 nitrogen and oxygen atoms in total. The number of carbonyl (C=O) groups excluding carboxylic acids is 1. The number of nitrogens with zero attached hydrogens (tertiary/aromatic N) is 2. The van der Waals surface area contributed by atoms with Crippen LogP contribution in [0, 0.1) is 0 Å². The summed E-state index contributed by atoms with van der Waals surface area (Å²) in [4.78, 5) is 11.8. The van der Waals surface area contributed by atoms with Gasteiger partial charge < -0.3 is 16.2 Å². The molecule has 0 aliphatic carbocycles. The van der Waals surface area contributed by atoms with Crippen LogP contribution in [0.15, 0.2) is 6.20 Å². The Bertz CT molecular complexity index is 376. The Morgan fingerprint density at radius 1 is 1.44 bits per heavy atom. The summed E-state index contributed by atoms with van der Waals surface area (Å²) in [6.45, 7) is 3.48. The lowest BCUT2D eigenvalue weighted by atomic mass is 10.2. The van der Waals surface area contributed by atoms with Crippen molar-refractivity contribution in [2.75, 3.05) is 18.9 Å². The van der Waals surface area contributed by atoms with Gasteiger partial charge in [-0.15, -0.1) is 0 Å². The van der Waals surface area contributed by atoms with Crippen molar-refractivity contribution in [2.24, 2.45) is 0 Å². The van der Waals surface area contributed by atoms with Crippen LogP contribution in [0.1, 0.15) is 43.1 Å². The molecule has 1 aromatic rings. The summed E-state index contributed by atoms with van der Waals surface area (Å²) in [6.07, 6.45) is 5.37. The molecule has 0 bridgehead atoms. The van der Waals surface area contributed by atoms with Crippen molar-refractivity contribution in [3.05, 3.63) is 11.9 Å². The second-order valence-electron chi connectivity index (χ2n) is 4.18. The van der Waals surface area contributed by atoms with Gasteiger partial charge in [0, 0.05) is 25.9 Å². The molecule has 0 fully saturated rings. The van der Waals surface area contributed by atoms with E-state index in [0.29, 0.717) is 24.5 Å². The van der Waals surface area contributed by atoms with Gasteiger partial charge in [-0.3, -0.25) is 9.48 Å². The highest BCUT2D eigenvalue weighted by Gasteiger charge is 2.13. The van der Waals surface area contributed by atoms with E-state index in [1.165, 1.54) is 0 Å². The third-order valence-electron chi connectivity index (χ3n) is 2.70. The molecule has 0 atom stereocenters. The molecule has 18 heavy (non-hydrogen) atoms. The first-order valence-electron chi connectivity index (χ1n) is 6.41. The Kier molecular flexibility index (Phi) is 6.21. The van der Waals surface area contributed by atoms with Gasteiger partial charge >= 0.3 is 0 Å². The lowest BCUT2D eigenvalue weighted by molar-refractivity contribution is 0.0948. The number of nitrogens with two attached hydrogens (primary N) is 1. The molecule has 4 N–H and O–H groups in total. The Balaban J connectivity index is 2.29. The number of nitrogens with one attached hydrogen (secondary N) is 1. The normalized spacial score (nSPS) is 10.6. The van der Waals surface area contributed by atoms with E-state index in [1.54, 1.807) is 10.9 Å². The van der Waals surface area contributed by atoms with E-state index in [0.717, 1.165) is 25.7 Å². The first-order chi connectivity index (χ1) is 8.69. The van der Waals surface area contributed by atoms with Crippen LogP contribution in [0.3, 0.4) is 0 Å². The first kappa shape index (κ1) is 14.5. The van der Waals surface area contributed by atoms with Gasteiger partial charge in [0.1, 0.15) is 0 Å². The van der Waals surface area contributed by atoms with Gasteiger partial charge in [0.2, 0.25) is 0 Å². The molecular weight excluding hydrogens is 232 g/mol. The zero-order valence-corrected chi connectivity index (χ0v) is 10.9. The number of aryl methyl sites for hydroxylation is 1. The van der Waals surface area contributed by atoms with Gasteiger partial charge in [0.15, 0.2) is 5.69 Å². The summed E-state index contributed by atoms with van der Waals surface area (Å²) in [5.74, 6) is -0.221. The number of hydrogen-bond acceptors (Lipinski definition) is 4. The third-order valence-corrected chi connectivity index (χ3v) is 2.70.